The van der Waals surface area contributed by atoms with E-state index >= 15 is 0 Å². The second kappa shape index (κ2) is 10.1. The fourth-order valence-corrected chi connectivity index (χ4v) is 5.51. The Morgan fingerprint density at radius 3 is 2.43 bits per heavy atom. The molecule has 0 spiro atoms. The smallest absolute Gasteiger partial charge is 0.338 e. The van der Waals surface area contributed by atoms with E-state index in [4.69, 9.17) is 17.0 Å². The predicted octanol–water partition coefficient (Wildman–Crippen LogP) is 2.54. The van der Waals surface area contributed by atoms with Crippen LogP contribution in [0.1, 0.15) is 50.0 Å². The van der Waals surface area contributed by atoms with Crippen molar-refractivity contribution in [2.75, 3.05) is 57.3 Å². The molecule has 2 fully saturated rings. The number of cyclic esters (lactones) is 1. The number of fused-ring (bicyclic) bond motifs is 1. The van der Waals surface area contributed by atoms with E-state index < -0.39 is 5.54 Å². The van der Waals surface area contributed by atoms with E-state index in [1.165, 1.54) is 0 Å². The Morgan fingerprint density at radius 2 is 1.77 bits per heavy atom. The molecule has 0 saturated carbocycles. The van der Waals surface area contributed by atoms with Gasteiger partial charge in [0.05, 0.1) is 11.3 Å². The summed E-state index contributed by atoms with van der Waals surface area (Å²) in [4.78, 5) is 47.4. The van der Waals surface area contributed by atoms with Crippen molar-refractivity contribution in [1.29, 1.82) is 0 Å². The van der Waals surface area contributed by atoms with Gasteiger partial charge in [0.2, 0.25) is 0 Å². The van der Waals surface area contributed by atoms with Crippen LogP contribution in [0.25, 0.3) is 0 Å². The Bertz CT molecular complexity index is 1020. The number of nitrogens with zero attached hydrogens (tertiary/aromatic N) is 5. The number of thiocarbonyl (C=S) groups is 1. The van der Waals surface area contributed by atoms with E-state index in [2.05, 4.69) is 4.90 Å². The lowest BCUT2D eigenvalue weighted by atomic mass is 10.0. The summed E-state index contributed by atoms with van der Waals surface area (Å²) in [5, 5.41) is 0.486. The molecular weight excluding hydrogens is 466 g/mol. The molecule has 4 rings (SSSR count). The fraction of sp³-hybridized carbons (Fsp3) is 0.600. The number of carbonyl (C=O) groups excluding carboxylic acids is 3. The zero-order chi connectivity index (χ0) is 25.3. The van der Waals surface area contributed by atoms with Crippen molar-refractivity contribution in [2.24, 2.45) is 0 Å². The van der Waals surface area contributed by atoms with Crippen molar-refractivity contribution in [3.8, 4) is 0 Å². The summed E-state index contributed by atoms with van der Waals surface area (Å²) < 4.78 is 5.10. The van der Waals surface area contributed by atoms with Gasteiger partial charge in [0.15, 0.2) is 5.11 Å². The van der Waals surface area contributed by atoms with E-state index in [-0.39, 0.29) is 24.5 Å². The summed E-state index contributed by atoms with van der Waals surface area (Å²) in [7, 11) is 0. The zero-order valence-corrected chi connectivity index (χ0v) is 21.9. The van der Waals surface area contributed by atoms with Gasteiger partial charge in [-0.25, -0.2) is 9.59 Å². The van der Waals surface area contributed by atoms with Gasteiger partial charge in [-0.2, -0.15) is 0 Å². The number of esters is 1. The summed E-state index contributed by atoms with van der Waals surface area (Å²) in [6.45, 7) is 14.2. The van der Waals surface area contributed by atoms with Crippen LogP contribution >= 0.6 is 12.2 Å². The van der Waals surface area contributed by atoms with Crippen molar-refractivity contribution in [3.05, 3.63) is 29.3 Å². The van der Waals surface area contributed by atoms with Crippen LogP contribution in [0.15, 0.2) is 18.2 Å². The van der Waals surface area contributed by atoms with Crippen LogP contribution in [-0.2, 0) is 16.1 Å². The van der Waals surface area contributed by atoms with Crippen LogP contribution in [0, 0.1) is 0 Å². The van der Waals surface area contributed by atoms with Crippen molar-refractivity contribution in [1.82, 2.24) is 19.6 Å². The highest BCUT2D eigenvalue weighted by molar-refractivity contribution is 7.80. The third-order valence-corrected chi connectivity index (χ3v) is 7.68. The number of rotatable bonds is 7. The minimum Gasteiger partial charge on any atom is -0.457 e. The molecule has 35 heavy (non-hydrogen) atoms. The highest BCUT2D eigenvalue weighted by atomic mass is 32.1. The maximum absolute atomic E-state index is 13.3. The molecule has 3 heterocycles. The van der Waals surface area contributed by atoms with Gasteiger partial charge >= 0.3 is 12.0 Å². The molecule has 0 aliphatic carbocycles. The van der Waals surface area contributed by atoms with Gasteiger partial charge in [-0.05, 0) is 71.1 Å². The number of urea groups is 1. The van der Waals surface area contributed by atoms with E-state index in [9.17, 15) is 14.4 Å². The second-order valence-corrected chi connectivity index (χ2v) is 10.1. The summed E-state index contributed by atoms with van der Waals surface area (Å²) in [5.41, 5.74) is 1.23. The molecule has 0 radical (unpaired) electrons. The van der Waals surface area contributed by atoms with Crippen molar-refractivity contribution in [2.45, 2.75) is 46.3 Å². The monoisotopic (exact) mass is 501 g/mol. The average Bonchev–Trinajstić information content (AvgIpc) is 3.29. The minimum atomic E-state index is -0.753. The Labute approximate surface area is 212 Å². The quantitative estimate of drug-likeness (QED) is 0.420. The number of hydrogen-bond acceptors (Lipinski definition) is 6. The van der Waals surface area contributed by atoms with Gasteiger partial charge in [-0.15, -0.1) is 0 Å². The average molecular weight is 502 g/mol. The molecule has 9 nitrogen and oxygen atoms in total. The van der Waals surface area contributed by atoms with E-state index in [0.717, 1.165) is 57.8 Å². The molecule has 10 heteroatoms. The number of piperazine rings is 1. The molecular formula is C25H35N5O4S. The SMILES string of the molecule is CCN(CC)C(=O)N1CCN(CCCN2C(=S)N(c3ccc4c(c3)COC4=O)C(=O)C2(C)C)CC1. The van der Waals surface area contributed by atoms with Crippen LogP contribution in [0.5, 0.6) is 0 Å². The lowest BCUT2D eigenvalue weighted by molar-refractivity contribution is -0.123. The molecule has 3 aliphatic rings. The van der Waals surface area contributed by atoms with Crippen molar-refractivity contribution >= 4 is 40.9 Å². The molecule has 0 bridgehead atoms. The minimum absolute atomic E-state index is 0.0729. The third-order valence-electron chi connectivity index (χ3n) is 7.28. The van der Waals surface area contributed by atoms with Crippen LogP contribution in [0.3, 0.4) is 0 Å². The predicted molar refractivity (Wildman–Crippen MR) is 137 cm³/mol. The molecule has 3 aliphatic heterocycles. The molecule has 0 atom stereocenters. The largest absolute Gasteiger partial charge is 0.457 e. The van der Waals surface area contributed by atoms with E-state index in [1.807, 2.05) is 48.5 Å². The van der Waals surface area contributed by atoms with Gasteiger partial charge in [-0.1, -0.05) is 0 Å². The normalized spacial score (nSPS) is 19.9. The highest BCUT2D eigenvalue weighted by Crippen LogP contribution is 2.34. The fourth-order valence-electron chi connectivity index (χ4n) is 5.01. The number of benzene rings is 1. The molecule has 2 saturated heterocycles. The molecule has 0 aromatic heterocycles. The standard InChI is InChI=1S/C25H35N5O4S/c1-5-27(6-2)23(33)28-14-12-26(13-15-28)10-7-11-29-24(35)30(22(32)25(29,3)4)19-8-9-20-18(16-19)17-34-21(20)31/h8-9,16H,5-7,10-15,17H2,1-4H3. The first-order valence-corrected chi connectivity index (χ1v) is 12.8. The second-order valence-electron chi connectivity index (χ2n) is 9.69. The van der Waals surface area contributed by atoms with Gasteiger partial charge < -0.3 is 19.4 Å². The van der Waals surface area contributed by atoms with Gasteiger partial charge in [-0.3, -0.25) is 14.6 Å². The molecule has 3 amide bonds. The highest BCUT2D eigenvalue weighted by Gasteiger charge is 2.49. The van der Waals surface area contributed by atoms with Crippen LogP contribution < -0.4 is 4.90 Å². The summed E-state index contributed by atoms with van der Waals surface area (Å²) in [5.74, 6) is -0.404. The summed E-state index contributed by atoms with van der Waals surface area (Å²) >= 11 is 5.75. The van der Waals surface area contributed by atoms with Crippen molar-refractivity contribution in [3.63, 3.8) is 0 Å². The molecule has 0 unspecified atom stereocenters. The Kier molecular flexibility index (Phi) is 7.32. The Morgan fingerprint density at radius 1 is 1.09 bits per heavy atom. The first-order valence-electron chi connectivity index (χ1n) is 12.4. The van der Waals surface area contributed by atoms with Gasteiger partial charge in [0.25, 0.3) is 5.91 Å². The number of carbonyl (C=O) groups is 3. The molecule has 190 valence electrons. The number of amides is 3. The topological polar surface area (TPSA) is 76.6 Å². The van der Waals surface area contributed by atoms with E-state index in [0.29, 0.717) is 22.9 Å². The van der Waals surface area contributed by atoms with Crippen molar-refractivity contribution < 1.29 is 19.1 Å². The van der Waals surface area contributed by atoms with Gasteiger partial charge in [0.1, 0.15) is 12.1 Å². The van der Waals surface area contributed by atoms with Crippen LogP contribution in [0.4, 0.5) is 10.5 Å². The first kappa shape index (κ1) is 25.4. The maximum atomic E-state index is 13.3. The Balaban J connectivity index is 1.33. The van der Waals surface area contributed by atoms with Crippen LogP contribution in [-0.4, -0.2) is 101 Å². The maximum Gasteiger partial charge on any atom is 0.338 e. The van der Waals surface area contributed by atoms with E-state index in [1.54, 1.807) is 17.0 Å². The number of anilines is 1. The third kappa shape index (κ3) is 4.73. The summed E-state index contributed by atoms with van der Waals surface area (Å²) in [6, 6.07) is 5.41. The Hall–Kier alpha value is -2.72. The lowest BCUT2D eigenvalue weighted by Gasteiger charge is -2.37. The number of ether oxygens (including phenoxy) is 1. The number of hydrogen-bond donors (Lipinski definition) is 0. The lowest BCUT2D eigenvalue weighted by Crippen LogP contribution is -2.53. The first-order chi connectivity index (χ1) is 16.7. The molecule has 1 aromatic carbocycles. The molecule has 0 N–H and O–H groups in total. The molecule has 1 aromatic rings. The van der Waals surface area contributed by atoms with Gasteiger partial charge in [0, 0.05) is 51.4 Å². The zero-order valence-electron chi connectivity index (χ0n) is 21.1. The van der Waals surface area contributed by atoms with Crippen LogP contribution in [0.2, 0.25) is 0 Å². The summed E-state index contributed by atoms with van der Waals surface area (Å²) in [6.07, 6.45) is 0.862.